The molecule has 0 fully saturated rings. The summed E-state index contributed by atoms with van der Waals surface area (Å²) in [6, 6.07) is 13.5. The number of rotatable bonds is 6. The Bertz CT molecular complexity index is 962. The van der Waals surface area contributed by atoms with Gasteiger partial charge < -0.3 is 14.2 Å². The molecule has 132 valence electrons. The number of aromatic nitrogens is 1. The molecule has 2 aromatic carbocycles. The smallest absolute Gasteiger partial charge is 0.339 e. The molecule has 1 heterocycles. The van der Waals surface area contributed by atoms with E-state index in [1.807, 2.05) is 0 Å². The standard InChI is InChI=1S/C20H17NO5/c1-24-13-8-9-16(19(11-13)25-2)18(22)12-26-20(23)15-5-3-7-17-14(15)6-4-10-21-17/h3-11H,12H2,1-2H3. The van der Waals surface area contributed by atoms with Crippen LogP contribution in [0.5, 0.6) is 11.5 Å². The molecule has 6 nitrogen and oxygen atoms in total. The second-order valence-corrected chi connectivity index (χ2v) is 5.44. The van der Waals surface area contributed by atoms with Gasteiger partial charge in [-0.2, -0.15) is 0 Å². The molecule has 0 saturated carbocycles. The molecule has 6 heteroatoms. The van der Waals surface area contributed by atoms with Crippen LogP contribution in [0.25, 0.3) is 10.9 Å². The Kier molecular flexibility index (Phi) is 5.12. The molecule has 0 aliphatic carbocycles. The minimum Gasteiger partial charge on any atom is -0.497 e. The lowest BCUT2D eigenvalue weighted by Crippen LogP contribution is -2.15. The fourth-order valence-electron chi connectivity index (χ4n) is 2.60. The highest BCUT2D eigenvalue weighted by Gasteiger charge is 2.17. The fourth-order valence-corrected chi connectivity index (χ4v) is 2.60. The number of carbonyl (C=O) groups excluding carboxylic acids is 2. The number of carbonyl (C=O) groups is 2. The van der Waals surface area contributed by atoms with Crippen molar-refractivity contribution in [3.05, 3.63) is 65.9 Å². The lowest BCUT2D eigenvalue weighted by Gasteiger charge is -2.10. The van der Waals surface area contributed by atoms with Gasteiger partial charge in [0.2, 0.25) is 5.78 Å². The zero-order chi connectivity index (χ0) is 18.5. The predicted molar refractivity (Wildman–Crippen MR) is 95.9 cm³/mol. The van der Waals surface area contributed by atoms with Crippen LogP contribution in [-0.4, -0.2) is 37.6 Å². The predicted octanol–water partition coefficient (Wildman–Crippen LogP) is 3.29. The second kappa shape index (κ2) is 7.65. The third-order valence-corrected chi connectivity index (χ3v) is 3.91. The molecule has 0 atom stereocenters. The van der Waals surface area contributed by atoms with E-state index in [1.54, 1.807) is 54.7 Å². The van der Waals surface area contributed by atoms with Gasteiger partial charge in [0, 0.05) is 17.6 Å². The van der Waals surface area contributed by atoms with Crippen LogP contribution in [-0.2, 0) is 4.74 Å². The average molecular weight is 351 g/mol. The molecule has 3 rings (SSSR count). The van der Waals surface area contributed by atoms with Crippen LogP contribution < -0.4 is 9.47 Å². The Labute approximate surface area is 150 Å². The van der Waals surface area contributed by atoms with E-state index in [0.29, 0.717) is 33.5 Å². The van der Waals surface area contributed by atoms with E-state index in [2.05, 4.69) is 4.98 Å². The third-order valence-electron chi connectivity index (χ3n) is 3.91. The van der Waals surface area contributed by atoms with Gasteiger partial charge in [-0.3, -0.25) is 9.78 Å². The van der Waals surface area contributed by atoms with Crippen molar-refractivity contribution in [2.24, 2.45) is 0 Å². The summed E-state index contributed by atoms with van der Waals surface area (Å²) in [5.41, 5.74) is 1.37. The summed E-state index contributed by atoms with van der Waals surface area (Å²) < 4.78 is 15.5. The lowest BCUT2D eigenvalue weighted by atomic mass is 10.1. The van der Waals surface area contributed by atoms with Gasteiger partial charge in [0.25, 0.3) is 0 Å². The van der Waals surface area contributed by atoms with Crippen molar-refractivity contribution in [1.82, 2.24) is 4.98 Å². The SMILES string of the molecule is COc1ccc(C(=O)COC(=O)c2cccc3ncccc23)c(OC)c1. The number of hydrogen-bond acceptors (Lipinski definition) is 6. The number of fused-ring (bicyclic) bond motifs is 1. The Morgan fingerprint density at radius 3 is 2.58 bits per heavy atom. The number of ether oxygens (including phenoxy) is 3. The zero-order valence-electron chi connectivity index (χ0n) is 14.4. The van der Waals surface area contributed by atoms with E-state index in [1.165, 1.54) is 14.2 Å². The van der Waals surface area contributed by atoms with E-state index < -0.39 is 12.6 Å². The van der Waals surface area contributed by atoms with Gasteiger partial charge >= 0.3 is 5.97 Å². The largest absolute Gasteiger partial charge is 0.497 e. The van der Waals surface area contributed by atoms with E-state index in [4.69, 9.17) is 14.2 Å². The van der Waals surface area contributed by atoms with Crippen molar-refractivity contribution in [3.8, 4) is 11.5 Å². The Hall–Kier alpha value is -3.41. The fraction of sp³-hybridized carbons (Fsp3) is 0.150. The minimum atomic E-state index is -0.579. The van der Waals surface area contributed by atoms with Gasteiger partial charge in [-0.15, -0.1) is 0 Å². The van der Waals surface area contributed by atoms with Crippen molar-refractivity contribution in [2.75, 3.05) is 20.8 Å². The molecule has 0 spiro atoms. The van der Waals surface area contributed by atoms with Gasteiger partial charge in [0.1, 0.15) is 11.5 Å². The first-order chi connectivity index (χ1) is 12.6. The first kappa shape index (κ1) is 17.4. The molecular weight excluding hydrogens is 334 g/mol. The van der Waals surface area contributed by atoms with Crippen molar-refractivity contribution >= 4 is 22.7 Å². The van der Waals surface area contributed by atoms with Crippen molar-refractivity contribution in [3.63, 3.8) is 0 Å². The van der Waals surface area contributed by atoms with Gasteiger partial charge in [-0.25, -0.2) is 4.79 Å². The maximum Gasteiger partial charge on any atom is 0.339 e. The Morgan fingerprint density at radius 2 is 1.81 bits per heavy atom. The van der Waals surface area contributed by atoms with Crippen LogP contribution in [0.2, 0.25) is 0 Å². The number of esters is 1. The molecule has 0 aliphatic rings. The van der Waals surface area contributed by atoms with E-state index in [0.717, 1.165) is 0 Å². The molecule has 1 aromatic heterocycles. The van der Waals surface area contributed by atoms with Crippen LogP contribution in [0.15, 0.2) is 54.7 Å². The molecular formula is C20H17NO5. The maximum absolute atomic E-state index is 12.4. The van der Waals surface area contributed by atoms with Crippen LogP contribution >= 0.6 is 0 Å². The summed E-state index contributed by atoms with van der Waals surface area (Å²) in [6.07, 6.45) is 1.65. The molecule has 3 aromatic rings. The van der Waals surface area contributed by atoms with Gasteiger partial charge in [-0.1, -0.05) is 12.1 Å². The molecule has 0 bridgehead atoms. The van der Waals surface area contributed by atoms with Crippen LogP contribution in [0.3, 0.4) is 0 Å². The number of methoxy groups -OCH3 is 2. The summed E-state index contributed by atoms with van der Waals surface area (Å²) in [7, 11) is 2.98. The quantitative estimate of drug-likeness (QED) is 0.501. The lowest BCUT2D eigenvalue weighted by molar-refractivity contribution is 0.0476. The van der Waals surface area contributed by atoms with Gasteiger partial charge in [-0.05, 0) is 30.3 Å². The first-order valence-electron chi connectivity index (χ1n) is 7.90. The summed E-state index contributed by atoms with van der Waals surface area (Å²) in [4.78, 5) is 29.0. The van der Waals surface area contributed by atoms with E-state index >= 15 is 0 Å². The summed E-state index contributed by atoms with van der Waals surface area (Å²) in [6.45, 7) is -0.391. The molecule has 0 amide bonds. The normalized spacial score (nSPS) is 10.4. The summed E-state index contributed by atoms with van der Waals surface area (Å²) in [5.74, 6) is -0.0148. The molecule has 0 unspecified atom stereocenters. The van der Waals surface area contributed by atoms with Crippen LogP contribution in [0.1, 0.15) is 20.7 Å². The van der Waals surface area contributed by atoms with Crippen LogP contribution in [0, 0.1) is 0 Å². The van der Waals surface area contributed by atoms with Crippen LogP contribution in [0.4, 0.5) is 0 Å². The molecule has 0 saturated heterocycles. The highest BCUT2D eigenvalue weighted by Crippen LogP contribution is 2.25. The topological polar surface area (TPSA) is 74.7 Å². The molecule has 0 N–H and O–H groups in total. The summed E-state index contributed by atoms with van der Waals surface area (Å²) >= 11 is 0. The Balaban J connectivity index is 1.76. The van der Waals surface area contributed by atoms with E-state index in [9.17, 15) is 9.59 Å². The number of benzene rings is 2. The number of ketones is 1. The van der Waals surface area contributed by atoms with Crippen molar-refractivity contribution < 1.29 is 23.8 Å². The average Bonchev–Trinajstić information content (AvgIpc) is 2.70. The molecule has 0 radical (unpaired) electrons. The number of pyridine rings is 1. The number of nitrogens with zero attached hydrogens (tertiary/aromatic N) is 1. The molecule has 26 heavy (non-hydrogen) atoms. The highest BCUT2D eigenvalue weighted by atomic mass is 16.5. The second-order valence-electron chi connectivity index (χ2n) is 5.44. The number of hydrogen-bond donors (Lipinski definition) is 0. The zero-order valence-corrected chi connectivity index (χ0v) is 14.4. The highest BCUT2D eigenvalue weighted by molar-refractivity contribution is 6.05. The van der Waals surface area contributed by atoms with Crippen molar-refractivity contribution in [1.29, 1.82) is 0 Å². The number of Topliss-reactive ketones (excluding diaryl/α,β-unsaturated/α-hetero) is 1. The monoisotopic (exact) mass is 351 g/mol. The summed E-state index contributed by atoms with van der Waals surface area (Å²) in [5, 5.41) is 0.675. The Morgan fingerprint density at radius 1 is 0.962 bits per heavy atom. The van der Waals surface area contributed by atoms with E-state index in [-0.39, 0.29) is 5.78 Å². The molecule has 0 aliphatic heterocycles. The maximum atomic E-state index is 12.4. The minimum absolute atomic E-state index is 0.320. The van der Waals surface area contributed by atoms with Gasteiger partial charge in [0.05, 0.1) is 30.9 Å². The third kappa shape index (κ3) is 3.49. The van der Waals surface area contributed by atoms with Gasteiger partial charge in [0.15, 0.2) is 6.61 Å². The van der Waals surface area contributed by atoms with Crippen molar-refractivity contribution in [2.45, 2.75) is 0 Å². The first-order valence-corrected chi connectivity index (χ1v) is 7.90.